The first-order chi connectivity index (χ1) is 68.4. The first-order valence-electron chi connectivity index (χ1n) is 45.2. The van der Waals surface area contributed by atoms with Crippen LogP contribution in [0.25, 0.3) is 89.2 Å². The van der Waals surface area contributed by atoms with Gasteiger partial charge >= 0.3 is 13.6 Å². The SMILES string of the molecule is CCOP(=O)(CCN(c1cc(OC)cc(OC)c1)c1ccc2ncc(-c3cnn(C)c3)nc2c1)OCC.COc1cc(OC)cc(N(CCCCC(=O)O)c2ccc3ncc(-c4cnn(C)c4)nc3c2)c1.COc1cc(OC)cc(N(Cc2cccc(CN)n2)c2ccc3ncc(-c4cnn(C)c4)nc3c2)c1.COc1cc(OC)cc(N(Cc2ncc(C)[nH]2)c2ccc3ncc(-c4cnn(C)c4)nc3c2)c1. The number of anilines is 8. The Morgan fingerprint density at radius 3 is 0.986 bits per heavy atom. The van der Waals surface area contributed by atoms with E-state index in [9.17, 15) is 9.36 Å². The number of nitrogens with one attached hydrogen (secondary N) is 1. The molecule has 37 nitrogen and oxygen atoms in total. The van der Waals surface area contributed by atoms with Gasteiger partial charge in [0.2, 0.25) is 0 Å². The van der Waals surface area contributed by atoms with E-state index in [0.29, 0.717) is 105 Å². The molecule has 0 saturated heterocycles. The lowest BCUT2D eigenvalue weighted by Gasteiger charge is -2.28. The normalized spacial score (nSPS) is 11.1. The number of carboxylic acid groups (broad SMARTS) is 1. The number of hydrogen-bond donors (Lipinski definition) is 3. The molecule has 10 aromatic heterocycles. The number of benzene rings is 8. The molecule has 0 bridgehead atoms. The molecule has 18 rings (SSSR count). The standard InChI is InChI=1S/C27H27N7O2.C26H32N5O5P.C25H25N7O2.C25H27N5O4/c1-33-16-18(14-30-33)27-15-29-25-8-7-21(11-26(25)32-27)34(17-20-6-4-5-19(13-28)31-20)22-9-23(35-2)12-24(10-22)36-3;1-6-35-37(32,36-7-2)11-10-31(21-12-22(33-4)15-23(13-21)34-5)20-8-9-24-25(14-20)29-26(17-27-24)19-16-28-30(3)18-19;1-16-11-27-25(29-16)15-32(19-7-20(33-3)10-21(8-19)34-4)18-5-6-22-23(9-18)30-24(13-26-22)17-12-28-31(2)14-17;1-29-16-17(14-27-29)24-15-26-22-8-7-18(12-23(22)28-24)30(9-5-4-6-25(31)32)19-10-20(33-2)13-21(11-19)34-3/h4-12,14-16H,13,17,28H2,1-3H3;8-9,12-18H,6-7,10-11H2,1-5H3;5-14H,15H2,1-4H3,(H,27,29);7-8,10-16H,4-6,9H2,1-3H3,(H,31,32). The minimum absolute atomic E-state index is 0.132. The van der Waals surface area contributed by atoms with Crippen LogP contribution in [0.2, 0.25) is 0 Å². The molecule has 4 N–H and O–H groups in total. The zero-order chi connectivity index (χ0) is 99.2. The number of aliphatic carboxylic acids is 1. The summed E-state index contributed by atoms with van der Waals surface area (Å²) >= 11 is 0. The van der Waals surface area contributed by atoms with Crippen molar-refractivity contribution >= 4 is 103 Å². The number of rotatable bonds is 37. The molecule has 8 aromatic carbocycles. The Morgan fingerprint density at radius 1 is 0.369 bits per heavy atom. The summed E-state index contributed by atoms with van der Waals surface area (Å²) in [6.45, 7) is 8.57. The van der Waals surface area contributed by atoms with Gasteiger partial charge in [0.15, 0.2) is 0 Å². The minimum atomic E-state index is -3.29. The number of carboxylic acids is 1. The molecular weight excluding hydrogens is 1810 g/mol. The van der Waals surface area contributed by atoms with Crippen molar-refractivity contribution in [1.29, 1.82) is 0 Å². The third-order valence-electron chi connectivity index (χ3n) is 22.7. The Balaban J connectivity index is 0.000000142. The van der Waals surface area contributed by atoms with E-state index in [0.717, 1.165) is 158 Å². The number of unbranched alkanes of at least 4 members (excludes halogenated alkanes) is 1. The molecule has 38 heteroatoms. The van der Waals surface area contributed by atoms with Crippen LogP contribution in [0.5, 0.6) is 46.0 Å². The summed E-state index contributed by atoms with van der Waals surface area (Å²) in [4.78, 5) is 69.7. The molecule has 0 saturated carbocycles. The van der Waals surface area contributed by atoms with Gasteiger partial charge in [0.25, 0.3) is 0 Å². The number of hydrogen-bond acceptors (Lipinski definition) is 31. The summed E-state index contributed by atoms with van der Waals surface area (Å²) in [5.74, 6) is 5.45. The number of ether oxygens (including phenoxy) is 8. The summed E-state index contributed by atoms with van der Waals surface area (Å²) in [6, 6.07) is 52.6. The Morgan fingerprint density at radius 2 is 0.688 bits per heavy atom. The molecule has 0 unspecified atom stereocenters. The van der Waals surface area contributed by atoms with Crippen molar-refractivity contribution in [3.05, 3.63) is 267 Å². The summed E-state index contributed by atoms with van der Waals surface area (Å²) in [5, 5.41) is 26.0. The highest BCUT2D eigenvalue weighted by atomic mass is 31.2. The van der Waals surface area contributed by atoms with E-state index in [2.05, 4.69) is 65.0 Å². The Bertz CT molecular complexity index is 7320. The third-order valence-corrected chi connectivity index (χ3v) is 24.7. The molecule has 0 aliphatic heterocycles. The highest BCUT2D eigenvalue weighted by Gasteiger charge is 2.28. The fraction of sp³-hybridized carbons (Fsp3) is 0.252. The molecule has 18 aromatic rings. The number of methoxy groups -OCH3 is 8. The molecule has 0 amide bonds. The second-order valence-electron chi connectivity index (χ2n) is 32.4. The lowest BCUT2D eigenvalue weighted by atomic mass is 10.1. The van der Waals surface area contributed by atoms with Crippen LogP contribution in [0, 0.1) is 6.92 Å². The Labute approximate surface area is 815 Å². The van der Waals surface area contributed by atoms with E-state index in [1.165, 1.54) is 0 Å². The van der Waals surface area contributed by atoms with E-state index < -0.39 is 13.6 Å². The summed E-state index contributed by atoms with van der Waals surface area (Å²) in [5.41, 5.74) is 28.5. The number of nitrogens with two attached hydrogens (primary N) is 1. The molecule has 141 heavy (non-hydrogen) atoms. The topological polar surface area (TPSA) is 402 Å². The number of aromatic nitrogens is 19. The average Bonchev–Trinajstić information content (AvgIpc) is 1.68. The Hall–Kier alpha value is -16.5. The number of aryl methyl sites for hydroxylation is 5. The van der Waals surface area contributed by atoms with Crippen LogP contribution in [-0.2, 0) is 66.2 Å². The van der Waals surface area contributed by atoms with Crippen molar-refractivity contribution in [2.24, 2.45) is 33.9 Å². The second kappa shape index (κ2) is 46.1. The first kappa shape index (κ1) is 99.0. The van der Waals surface area contributed by atoms with Crippen LogP contribution in [0.4, 0.5) is 45.5 Å². The number of fused-ring (bicyclic) bond motifs is 4. The van der Waals surface area contributed by atoms with Crippen molar-refractivity contribution < 1.29 is 61.4 Å². The van der Waals surface area contributed by atoms with Gasteiger partial charge in [-0.2, -0.15) is 20.4 Å². The van der Waals surface area contributed by atoms with Gasteiger partial charge in [-0.15, -0.1) is 0 Å². The highest BCUT2D eigenvalue weighted by molar-refractivity contribution is 7.53. The van der Waals surface area contributed by atoms with Gasteiger partial charge in [0, 0.05) is 231 Å². The molecule has 10 heterocycles. The molecular formula is C103H111N24O13P. The van der Waals surface area contributed by atoms with E-state index in [1.807, 2.05) is 229 Å². The highest BCUT2D eigenvalue weighted by Crippen LogP contribution is 2.49. The monoisotopic (exact) mass is 1920 g/mol. The van der Waals surface area contributed by atoms with Crippen molar-refractivity contribution in [3.8, 4) is 91.0 Å². The van der Waals surface area contributed by atoms with E-state index in [4.69, 9.17) is 82.7 Å². The van der Waals surface area contributed by atoms with Gasteiger partial charge in [-0.25, -0.2) is 24.9 Å². The van der Waals surface area contributed by atoms with Crippen LogP contribution in [0.15, 0.2) is 244 Å². The fourth-order valence-corrected chi connectivity index (χ4v) is 17.2. The number of nitrogens with zero attached hydrogens (tertiary/aromatic N) is 22. The van der Waals surface area contributed by atoms with Gasteiger partial charge in [0.05, 0.1) is 217 Å². The quantitative estimate of drug-likeness (QED) is 0.0240. The predicted molar refractivity (Wildman–Crippen MR) is 544 cm³/mol. The largest absolute Gasteiger partial charge is 0.497 e. The minimum Gasteiger partial charge on any atom is -0.497 e. The summed E-state index contributed by atoms with van der Waals surface area (Å²) in [6.07, 6.45) is 25.2. The van der Waals surface area contributed by atoms with Gasteiger partial charge in [-0.05, 0) is 119 Å². The molecule has 726 valence electrons. The smallest absolute Gasteiger partial charge is 0.332 e. The number of pyridine rings is 1. The molecule has 0 aliphatic carbocycles. The van der Waals surface area contributed by atoms with Crippen LogP contribution < -0.4 is 63.2 Å². The van der Waals surface area contributed by atoms with Crippen molar-refractivity contribution in [3.63, 3.8) is 0 Å². The maximum Gasteiger partial charge on any atom is 0.332 e. The zero-order valence-corrected chi connectivity index (χ0v) is 82.0. The van der Waals surface area contributed by atoms with Gasteiger partial charge < -0.3 is 82.4 Å². The van der Waals surface area contributed by atoms with Crippen LogP contribution in [-0.4, -0.2) is 194 Å². The van der Waals surface area contributed by atoms with Crippen molar-refractivity contribution in [2.75, 3.05) is 109 Å². The maximum atomic E-state index is 13.3. The molecule has 0 atom stereocenters. The van der Waals surface area contributed by atoms with Crippen molar-refractivity contribution in [1.82, 2.24) is 93.9 Å². The second-order valence-corrected chi connectivity index (χ2v) is 34.6. The molecule has 0 spiro atoms. The van der Waals surface area contributed by atoms with E-state index in [1.54, 1.807) is 145 Å². The number of carbonyl (C=O) groups is 1. The average molecular weight is 1920 g/mol. The summed E-state index contributed by atoms with van der Waals surface area (Å²) < 4.78 is 75.4. The molecule has 0 aliphatic rings. The van der Waals surface area contributed by atoms with Crippen molar-refractivity contribution in [2.45, 2.75) is 59.7 Å². The van der Waals surface area contributed by atoms with E-state index in [-0.39, 0.29) is 12.6 Å². The van der Waals surface area contributed by atoms with Gasteiger partial charge in [0.1, 0.15) is 51.8 Å². The van der Waals surface area contributed by atoms with Gasteiger partial charge in [-0.1, -0.05) is 6.07 Å². The fourth-order valence-electron chi connectivity index (χ4n) is 15.6. The zero-order valence-electron chi connectivity index (χ0n) is 81.1. The lowest BCUT2D eigenvalue weighted by molar-refractivity contribution is -0.137. The van der Waals surface area contributed by atoms with Crippen LogP contribution in [0.1, 0.15) is 56.0 Å². The lowest BCUT2D eigenvalue weighted by Crippen LogP contribution is -2.22. The maximum absolute atomic E-state index is 13.3. The summed E-state index contributed by atoms with van der Waals surface area (Å²) in [7, 11) is 17.2. The van der Waals surface area contributed by atoms with Crippen LogP contribution in [0.3, 0.4) is 0 Å². The third kappa shape index (κ3) is 25.1. The van der Waals surface area contributed by atoms with Crippen LogP contribution >= 0.6 is 7.60 Å². The number of aromatic amines is 1. The van der Waals surface area contributed by atoms with E-state index >= 15 is 0 Å². The molecule has 0 fully saturated rings. The predicted octanol–water partition coefficient (Wildman–Crippen LogP) is 18.5. The Kier molecular flexibility index (Phi) is 32.4. The number of H-pyrrole nitrogens is 1. The van der Waals surface area contributed by atoms with Gasteiger partial charge in [-0.3, -0.25) is 53.0 Å². The number of imidazole rings is 1. The first-order valence-corrected chi connectivity index (χ1v) is 47.0. The molecule has 0 radical (unpaired) electrons.